The molecule has 0 spiro atoms. The lowest BCUT2D eigenvalue weighted by molar-refractivity contribution is 0.194. The van der Waals surface area contributed by atoms with Gasteiger partial charge in [0.25, 0.3) is 0 Å². The van der Waals surface area contributed by atoms with Crippen LogP contribution in [0.3, 0.4) is 0 Å². The van der Waals surface area contributed by atoms with Crippen molar-refractivity contribution in [2.45, 2.75) is 6.54 Å². The molecule has 0 radical (unpaired) electrons. The first kappa shape index (κ1) is 11.9. The summed E-state index contributed by atoms with van der Waals surface area (Å²) in [5, 5.41) is 18.6. The number of carboxylic acid groups (broad SMARTS) is 1. The van der Waals surface area contributed by atoms with Crippen LogP contribution in [0.5, 0.6) is 0 Å². The highest BCUT2D eigenvalue weighted by Gasteiger charge is 2.04. The van der Waals surface area contributed by atoms with Crippen LogP contribution in [0, 0.1) is 0 Å². The van der Waals surface area contributed by atoms with Crippen molar-refractivity contribution in [3.63, 3.8) is 0 Å². The molecule has 0 bridgehead atoms. The second-order valence-corrected chi connectivity index (χ2v) is 3.72. The second kappa shape index (κ2) is 5.17. The lowest BCUT2D eigenvalue weighted by Crippen LogP contribution is -2.25. The zero-order chi connectivity index (χ0) is 13.0. The van der Waals surface area contributed by atoms with E-state index in [9.17, 15) is 4.79 Å². The van der Waals surface area contributed by atoms with Crippen LogP contribution < -0.4 is 11.1 Å². The molecule has 7 nitrogen and oxygen atoms in total. The molecule has 0 fully saturated rings. The molecule has 0 saturated heterocycles. The molecular formula is C11H13N5O2. The number of rotatable bonds is 4. The number of carbonyl (C=O) groups is 1. The monoisotopic (exact) mass is 247 g/mol. The van der Waals surface area contributed by atoms with Gasteiger partial charge in [-0.25, -0.2) is 4.79 Å². The van der Waals surface area contributed by atoms with E-state index in [-0.39, 0.29) is 6.54 Å². The van der Waals surface area contributed by atoms with Crippen molar-refractivity contribution in [1.82, 2.24) is 20.3 Å². The molecule has 94 valence electrons. The third-order valence-corrected chi connectivity index (χ3v) is 2.34. The van der Waals surface area contributed by atoms with Gasteiger partial charge in [-0.05, 0) is 12.1 Å². The van der Waals surface area contributed by atoms with Gasteiger partial charge < -0.3 is 16.2 Å². The fraction of sp³-hybridized carbons (Fsp3) is 0.182. The zero-order valence-electron chi connectivity index (χ0n) is 9.58. The first-order valence-electron chi connectivity index (χ1n) is 5.38. The molecule has 2 aromatic rings. The van der Waals surface area contributed by atoms with E-state index in [0.29, 0.717) is 17.9 Å². The van der Waals surface area contributed by atoms with Gasteiger partial charge in [0.15, 0.2) is 0 Å². The molecule has 0 aliphatic carbocycles. The summed E-state index contributed by atoms with van der Waals surface area (Å²) in [5.74, 6) is 0. The number of hydrogen-bond donors (Lipinski definition) is 3. The number of hydrogen-bond acceptors (Lipinski definition) is 4. The Morgan fingerprint density at radius 3 is 3.06 bits per heavy atom. The summed E-state index contributed by atoms with van der Waals surface area (Å²) in [6, 6.07) is 7.34. The van der Waals surface area contributed by atoms with Crippen molar-refractivity contribution in [3.05, 3.63) is 30.5 Å². The molecule has 1 aromatic carbocycles. The average Bonchev–Trinajstić information content (AvgIpc) is 2.77. The number of nitrogens with one attached hydrogen (secondary N) is 1. The van der Waals surface area contributed by atoms with E-state index in [1.165, 1.54) is 0 Å². The van der Waals surface area contributed by atoms with E-state index < -0.39 is 6.09 Å². The van der Waals surface area contributed by atoms with E-state index in [2.05, 4.69) is 15.6 Å². The predicted octanol–water partition coefficient (Wildman–Crippen LogP) is 0.795. The summed E-state index contributed by atoms with van der Waals surface area (Å²) in [6.07, 6.45) is 0.698. The lowest BCUT2D eigenvalue weighted by Gasteiger charge is -1.99. The minimum Gasteiger partial charge on any atom is -0.465 e. The van der Waals surface area contributed by atoms with E-state index in [1.807, 2.05) is 18.2 Å². The molecule has 7 heteroatoms. The second-order valence-electron chi connectivity index (χ2n) is 3.72. The Balaban J connectivity index is 2.04. The highest BCUT2D eigenvalue weighted by Crippen LogP contribution is 2.18. The van der Waals surface area contributed by atoms with Crippen LogP contribution in [0.25, 0.3) is 11.3 Å². The topological polar surface area (TPSA) is 106 Å². The van der Waals surface area contributed by atoms with E-state index in [4.69, 9.17) is 10.8 Å². The molecule has 1 heterocycles. The van der Waals surface area contributed by atoms with Crippen molar-refractivity contribution < 1.29 is 9.90 Å². The molecule has 0 aliphatic heterocycles. The predicted molar refractivity (Wildman–Crippen MR) is 65.9 cm³/mol. The summed E-state index contributed by atoms with van der Waals surface area (Å²) in [7, 11) is 0. The zero-order valence-corrected chi connectivity index (χ0v) is 9.58. The van der Waals surface area contributed by atoms with Gasteiger partial charge in [0.1, 0.15) is 5.69 Å². The molecule has 2 rings (SSSR count). The van der Waals surface area contributed by atoms with Crippen molar-refractivity contribution in [2.75, 3.05) is 12.3 Å². The standard InChI is InChI=1S/C11H13N5O2/c12-9-3-1-2-8(6-9)10-7-16(15-14-10)5-4-13-11(17)18/h1-3,6-7,13H,4-5,12H2,(H,17,18). The summed E-state index contributed by atoms with van der Waals surface area (Å²) in [4.78, 5) is 10.3. The van der Waals surface area contributed by atoms with Gasteiger partial charge in [0.05, 0.1) is 12.7 Å². The highest BCUT2D eigenvalue weighted by atomic mass is 16.4. The SMILES string of the molecule is Nc1cccc(-c2cn(CCNC(=O)O)nn2)c1. The van der Waals surface area contributed by atoms with Gasteiger partial charge >= 0.3 is 6.09 Å². The van der Waals surface area contributed by atoms with E-state index in [0.717, 1.165) is 5.56 Å². The fourth-order valence-electron chi connectivity index (χ4n) is 1.52. The van der Waals surface area contributed by atoms with Crippen LogP contribution >= 0.6 is 0 Å². The van der Waals surface area contributed by atoms with E-state index >= 15 is 0 Å². The molecule has 0 aliphatic rings. The Labute approximate surface area is 103 Å². The minimum absolute atomic E-state index is 0.287. The normalized spacial score (nSPS) is 10.2. The molecular weight excluding hydrogens is 234 g/mol. The Morgan fingerprint density at radius 1 is 1.50 bits per heavy atom. The summed E-state index contributed by atoms with van der Waals surface area (Å²) in [5.41, 5.74) is 7.94. The number of amides is 1. The van der Waals surface area contributed by atoms with Gasteiger partial charge in [0.2, 0.25) is 0 Å². The molecule has 18 heavy (non-hydrogen) atoms. The number of nitrogen functional groups attached to an aromatic ring is 1. The van der Waals surface area contributed by atoms with Crippen LogP contribution in [0.1, 0.15) is 0 Å². The average molecular weight is 247 g/mol. The quantitative estimate of drug-likeness (QED) is 0.693. The third-order valence-electron chi connectivity index (χ3n) is 2.34. The maximum Gasteiger partial charge on any atom is 0.404 e. The molecule has 0 saturated carbocycles. The summed E-state index contributed by atoms with van der Waals surface area (Å²) in [6.45, 7) is 0.719. The minimum atomic E-state index is -1.05. The summed E-state index contributed by atoms with van der Waals surface area (Å²) >= 11 is 0. The van der Waals surface area contributed by atoms with Crippen LogP contribution in [0.2, 0.25) is 0 Å². The smallest absolute Gasteiger partial charge is 0.404 e. The van der Waals surface area contributed by atoms with Crippen molar-refractivity contribution in [3.8, 4) is 11.3 Å². The molecule has 1 aromatic heterocycles. The van der Waals surface area contributed by atoms with Crippen LogP contribution in [-0.2, 0) is 6.54 Å². The Morgan fingerprint density at radius 2 is 2.33 bits per heavy atom. The molecule has 0 atom stereocenters. The Hall–Kier alpha value is -2.57. The van der Waals surface area contributed by atoms with Crippen LogP contribution in [-0.4, -0.2) is 32.7 Å². The van der Waals surface area contributed by atoms with Gasteiger partial charge in [-0.15, -0.1) is 5.10 Å². The van der Waals surface area contributed by atoms with E-state index in [1.54, 1.807) is 16.9 Å². The first-order chi connectivity index (χ1) is 8.65. The maximum atomic E-state index is 10.3. The largest absolute Gasteiger partial charge is 0.465 e. The number of benzene rings is 1. The number of aromatic nitrogens is 3. The maximum absolute atomic E-state index is 10.3. The molecule has 0 unspecified atom stereocenters. The van der Waals surface area contributed by atoms with Gasteiger partial charge in [-0.3, -0.25) is 4.68 Å². The Kier molecular flexibility index (Phi) is 3.42. The summed E-state index contributed by atoms with van der Waals surface area (Å²) < 4.78 is 1.58. The number of anilines is 1. The number of nitrogens with zero attached hydrogens (tertiary/aromatic N) is 3. The Bertz CT molecular complexity index is 552. The van der Waals surface area contributed by atoms with Crippen molar-refractivity contribution >= 4 is 11.8 Å². The lowest BCUT2D eigenvalue weighted by atomic mass is 10.1. The van der Waals surface area contributed by atoms with Crippen LogP contribution in [0.4, 0.5) is 10.5 Å². The van der Waals surface area contributed by atoms with Crippen molar-refractivity contribution in [2.24, 2.45) is 0 Å². The first-order valence-corrected chi connectivity index (χ1v) is 5.38. The van der Waals surface area contributed by atoms with Crippen molar-refractivity contribution in [1.29, 1.82) is 0 Å². The third kappa shape index (κ3) is 2.97. The number of nitrogens with two attached hydrogens (primary N) is 1. The van der Waals surface area contributed by atoms with Gasteiger partial charge in [-0.2, -0.15) is 0 Å². The fourth-order valence-corrected chi connectivity index (χ4v) is 1.52. The van der Waals surface area contributed by atoms with Gasteiger partial charge in [-0.1, -0.05) is 17.3 Å². The molecule has 1 amide bonds. The highest BCUT2D eigenvalue weighted by molar-refractivity contribution is 5.64. The van der Waals surface area contributed by atoms with Gasteiger partial charge in [0, 0.05) is 17.8 Å². The van der Waals surface area contributed by atoms with Crippen LogP contribution in [0.15, 0.2) is 30.5 Å². The molecule has 4 N–H and O–H groups in total.